The smallest absolute Gasteiger partial charge is 0.163 e. The average molecular weight is 438 g/mol. The number of hydrogen-bond donors (Lipinski definition) is 0. The van der Waals surface area contributed by atoms with Crippen LogP contribution in [0.25, 0.3) is 45.1 Å². The van der Waals surface area contributed by atoms with Crippen molar-refractivity contribution in [3.63, 3.8) is 0 Å². The minimum absolute atomic E-state index is 0.485. The summed E-state index contributed by atoms with van der Waals surface area (Å²) in [5, 5.41) is 19.9. The molecular formula is C28H18N6. The number of para-hydroxylation sites is 1. The van der Waals surface area contributed by atoms with Crippen LogP contribution in [0.4, 0.5) is 0 Å². The molecule has 0 bridgehead atoms. The van der Waals surface area contributed by atoms with E-state index in [1.54, 1.807) is 16.9 Å². The predicted molar refractivity (Wildman–Crippen MR) is 131 cm³/mol. The van der Waals surface area contributed by atoms with Crippen LogP contribution in [0.1, 0.15) is 5.56 Å². The molecule has 0 saturated heterocycles. The quantitative estimate of drug-likeness (QED) is 0.349. The van der Waals surface area contributed by atoms with Gasteiger partial charge >= 0.3 is 0 Å². The topological polar surface area (TPSA) is 71.8 Å². The molecule has 0 spiro atoms. The minimum Gasteiger partial charge on any atom is -0.236 e. The van der Waals surface area contributed by atoms with Crippen LogP contribution in [-0.4, -0.2) is 24.4 Å². The summed E-state index contributed by atoms with van der Waals surface area (Å²) in [5.74, 6) is 0. The van der Waals surface area contributed by atoms with Crippen molar-refractivity contribution in [1.29, 1.82) is 5.26 Å². The van der Waals surface area contributed by atoms with E-state index in [0.29, 0.717) is 22.6 Å². The number of nitrogens with zero attached hydrogens (tertiary/aromatic N) is 6. The summed E-state index contributed by atoms with van der Waals surface area (Å²) in [5.41, 5.74) is 6.94. The molecule has 3 aromatic heterocycles. The average Bonchev–Trinajstić information content (AvgIpc) is 3.52. The molecule has 0 atom stereocenters. The second kappa shape index (κ2) is 8.15. The molecule has 0 N–H and O–H groups in total. The van der Waals surface area contributed by atoms with Gasteiger partial charge in [0.1, 0.15) is 17.3 Å². The molecule has 6 heteroatoms. The van der Waals surface area contributed by atoms with Crippen molar-refractivity contribution in [2.45, 2.75) is 0 Å². The SMILES string of the molecule is N#Cc1c(-c2ccnc3c(-c4ccccc4)cnn23)nn(-c2ccccc2)c1-c1ccccc1. The van der Waals surface area contributed by atoms with Crippen LogP contribution in [-0.2, 0) is 0 Å². The molecule has 6 aromatic rings. The molecule has 6 nitrogen and oxygen atoms in total. The zero-order chi connectivity index (χ0) is 22.9. The lowest BCUT2D eigenvalue weighted by Crippen LogP contribution is -2.00. The van der Waals surface area contributed by atoms with Crippen molar-refractivity contribution in [2.24, 2.45) is 0 Å². The molecule has 0 aliphatic carbocycles. The summed E-state index contributed by atoms with van der Waals surface area (Å²) in [7, 11) is 0. The van der Waals surface area contributed by atoms with Gasteiger partial charge in [-0.15, -0.1) is 0 Å². The van der Waals surface area contributed by atoms with Crippen molar-refractivity contribution in [1.82, 2.24) is 24.4 Å². The summed E-state index contributed by atoms with van der Waals surface area (Å²) >= 11 is 0. The van der Waals surface area contributed by atoms with Gasteiger partial charge in [0.2, 0.25) is 0 Å². The lowest BCUT2D eigenvalue weighted by Gasteiger charge is -2.07. The van der Waals surface area contributed by atoms with E-state index in [0.717, 1.165) is 28.1 Å². The fraction of sp³-hybridized carbons (Fsp3) is 0. The van der Waals surface area contributed by atoms with Crippen LogP contribution in [0.5, 0.6) is 0 Å². The number of rotatable bonds is 4. The summed E-state index contributed by atoms with van der Waals surface area (Å²) in [4.78, 5) is 4.59. The Labute approximate surface area is 196 Å². The maximum Gasteiger partial charge on any atom is 0.163 e. The fourth-order valence-electron chi connectivity index (χ4n) is 4.21. The highest BCUT2D eigenvalue weighted by atomic mass is 15.3. The van der Waals surface area contributed by atoms with Crippen LogP contribution in [0.3, 0.4) is 0 Å². The van der Waals surface area contributed by atoms with Gasteiger partial charge in [0.05, 0.1) is 23.3 Å². The first-order chi connectivity index (χ1) is 16.8. The molecule has 160 valence electrons. The second-order valence-electron chi connectivity index (χ2n) is 7.79. The van der Waals surface area contributed by atoms with Gasteiger partial charge in [-0.2, -0.15) is 15.5 Å². The van der Waals surface area contributed by atoms with Gasteiger partial charge in [-0.1, -0.05) is 78.9 Å². The highest BCUT2D eigenvalue weighted by molar-refractivity contribution is 5.82. The van der Waals surface area contributed by atoms with E-state index >= 15 is 0 Å². The lowest BCUT2D eigenvalue weighted by atomic mass is 10.0. The molecule has 0 fully saturated rings. The van der Waals surface area contributed by atoms with Crippen molar-refractivity contribution >= 4 is 5.65 Å². The molecule has 0 radical (unpaired) electrons. The summed E-state index contributed by atoms with van der Waals surface area (Å²) in [6.45, 7) is 0. The van der Waals surface area contributed by atoms with Crippen molar-refractivity contribution < 1.29 is 0 Å². The standard InChI is InChI=1S/C28H18N6/c29-18-23-26(25-16-17-30-28-24(19-31-34(25)28)20-10-4-1-5-11-20)32-33(22-14-8-3-9-15-22)27(23)21-12-6-2-7-13-21/h1-17,19H. The normalized spacial score (nSPS) is 10.9. The van der Waals surface area contributed by atoms with Gasteiger partial charge in [-0.25, -0.2) is 14.2 Å². The van der Waals surface area contributed by atoms with Crippen LogP contribution >= 0.6 is 0 Å². The van der Waals surface area contributed by atoms with Crippen LogP contribution < -0.4 is 0 Å². The first-order valence-electron chi connectivity index (χ1n) is 10.9. The van der Waals surface area contributed by atoms with Gasteiger partial charge in [-0.05, 0) is 23.8 Å². The Morgan fingerprint density at radius 3 is 2.06 bits per heavy atom. The Morgan fingerprint density at radius 1 is 0.735 bits per heavy atom. The Hall–Kier alpha value is -5.02. The Kier molecular flexibility index (Phi) is 4.71. The van der Waals surface area contributed by atoms with Crippen LogP contribution in [0.15, 0.2) is 109 Å². The van der Waals surface area contributed by atoms with Crippen LogP contribution in [0, 0.1) is 11.3 Å². The predicted octanol–water partition coefficient (Wildman–Crippen LogP) is 5.79. The number of fused-ring (bicyclic) bond motifs is 1. The number of nitriles is 1. The highest BCUT2D eigenvalue weighted by Crippen LogP contribution is 2.34. The van der Waals surface area contributed by atoms with Crippen LogP contribution in [0.2, 0.25) is 0 Å². The third-order valence-corrected chi connectivity index (χ3v) is 5.77. The van der Waals surface area contributed by atoms with Gasteiger partial charge in [0.25, 0.3) is 0 Å². The highest BCUT2D eigenvalue weighted by Gasteiger charge is 2.24. The monoisotopic (exact) mass is 438 g/mol. The molecule has 3 aromatic carbocycles. The minimum atomic E-state index is 0.485. The van der Waals surface area contributed by atoms with Crippen molar-refractivity contribution in [3.05, 3.63) is 115 Å². The van der Waals surface area contributed by atoms with Gasteiger partial charge in [0, 0.05) is 17.3 Å². The number of hydrogen-bond acceptors (Lipinski definition) is 4. The zero-order valence-electron chi connectivity index (χ0n) is 18.1. The molecule has 0 aliphatic rings. The largest absolute Gasteiger partial charge is 0.236 e. The molecular weight excluding hydrogens is 420 g/mol. The van der Waals surface area contributed by atoms with Crippen molar-refractivity contribution in [3.8, 4) is 45.5 Å². The summed E-state index contributed by atoms with van der Waals surface area (Å²) < 4.78 is 3.59. The second-order valence-corrected chi connectivity index (χ2v) is 7.79. The van der Waals surface area contributed by atoms with E-state index in [9.17, 15) is 5.26 Å². The molecule has 3 heterocycles. The third-order valence-electron chi connectivity index (χ3n) is 5.77. The van der Waals surface area contributed by atoms with Gasteiger partial charge < -0.3 is 0 Å². The maximum absolute atomic E-state index is 10.3. The molecule has 34 heavy (non-hydrogen) atoms. The molecule has 0 aliphatic heterocycles. The van der Waals surface area contributed by atoms with Crippen molar-refractivity contribution in [2.75, 3.05) is 0 Å². The first kappa shape index (κ1) is 19.6. The summed E-state index contributed by atoms with van der Waals surface area (Å²) in [6.07, 6.45) is 3.54. The van der Waals surface area contributed by atoms with E-state index in [-0.39, 0.29) is 0 Å². The van der Waals surface area contributed by atoms with E-state index in [2.05, 4.69) is 16.2 Å². The summed E-state index contributed by atoms with van der Waals surface area (Å²) in [6, 6.07) is 34.0. The number of benzene rings is 3. The maximum atomic E-state index is 10.3. The Morgan fingerprint density at radius 2 is 1.38 bits per heavy atom. The lowest BCUT2D eigenvalue weighted by molar-refractivity contribution is 0.877. The van der Waals surface area contributed by atoms with Gasteiger partial charge in [0.15, 0.2) is 5.65 Å². The van der Waals surface area contributed by atoms with E-state index < -0.39 is 0 Å². The van der Waals surface area contributed by atoms with E-state index in [4.69, 9.17) is 5.10 Å². The molecule has 0 amide bonds. The third kappa shape index (κ3) is 3.15. The van der Waals surface area contributed by atoms with Gasteiger partial charge in [-0.3, -0.25) is 0 Å². The molecule has 0 saturated carbocycles. The Bertz CT molecular complexity index is 1640. The molecule has 0 unspecified atom stereocenters. The fourth-order valence-corrected chi connectivity index (χ4v) is 4.21. The first-order valence-corrected chi connectivity index (χ1v) is 10.9. The van der Waals surface area contributed by atoms with E-state index in [1.165, 1.54) is 0 Å². The van der Waals surface area contributed by atoms with E-state index in [1.807, 2.05) is 102 Å². The Balaban J connectivity index is 1.63. The molecule has 6 rings (SSSR count). The zero-order valence-corrected chi connectivity index (χ0v) is 18.1. The number of aromatic nitrogens is 5.